The molecule has 2 aliphatic carbocycles. The van der Waals surface area contributed by atoms with Gasteiger partial charge in [0, 0.05) is 18.0 Å². The molecule has 0 spiro atoms. The summed E-state index contributed by atoms with van der Waals surface area (Å²) in [6, 6.07) is 16.3. The zero-order chi connectivity index (χ0) is 25.1. The highest BCUT2D eigenvalue weighted by Gasteiger charge is 2.55. The molecular weight excluding hydrogens is 454 g/mol. The topological polar surface area (TPSA) is 65.1 Å². The zero-order valence-electron chi connectivity index (χ0n) is 21.4. The van der Waals surface area contributed by atoms with E-state index in [4.69, 9.17) is 14.2 Å². The Morgan fingerprint density at radius 2 is 1.92 bits per heavy atom. The van der Waals surface area contributed by atoms with Gasteiger partial charge in [-0.3, -0.25) is 4.79 Å². The van der Waals surface area contributed by atoms with Crippen LogP contribution in [0.2, 0.25) is 0 Å². The quantitative estimate of drug-likeness (QED) is 0.351. The SMILES string of the molecule is CCC(C)C(=O)OCOc1ccc2c(c1)[C@]13CCCC[C@@H]1[C@@H](C2)N(C(=O)OCc1ccccc1)CC3. The lowest BCUT2D eigenvalue weighted by Gasteiger charge is -2.58. The molecule has 3 aliphatic rings. The summed E-state index contributed by atoms with van der Waals surface area (Å²) in [7, 11) is 0. The van der Waals surface area contributed by atoms with Crippen LogP contribution < -0.4 is 4.74 Å². The van der Waals surface area contributed by atoms with Crippen LogP contribution in [0.3, 0.4) is 0 Å². The normalized spacial score (nSPS) is 25.2. The molecule has 6 nitrogen and oxygen atoms in total. The highest BCUT2D eigenvalue weighted by molar-refractivity contribution is 5.71. The summed E-state index contributed by atoms with van der Waals surface area (Å²) in [5.41, 5.74) is 3.74. The molecule has 1 unspecified atom stereocenters. The molecule has 1 heterocycles. The fourth-order valence-electron chi connectivity index (χ4n) is 6.57. The van der Waals surface area contributed by atoms with Gasteiger partial charge in [-0.15, -0.1) is 0 Å². The van der Waals surface area contributed by atoms with Gasteiger partial charge in [0.1, 0.15) is 12.4 Å². The van der Waals surface area contributed by atoms with E-state index in [1.807, 2.05) is 55.1 Å². The third-order valence-corrected chi connectivity index (χ3v) is 8.69. The molecule has 36 heavy (non-hydrogen) atoms. The monoisotopic (exact) mass is 491 g/mol. The summed E-state index contributed by atoms with van der Waals surface area (Å²) in [6.45, 7) is 4.78. The summed E-state index contributed by atoms with van der Waals surface area (Å²) < 4.78 is 16.9. The largest absolute Gasteiger partial charge is 0.457 e. The van der Waals surface area contributed by atoms with E-state index < -0.39 is 0 Å². The molecule has 2 aromatic carbocycles. The van der Waals surface area contributed by atoms with E-state index in [0.29, 0.717) is 19.1 Å². The number of ether oxygens (including phenoxy) is 3. The molecule has 192 valence electrons. The van der Waals surface area contributed by atoms with Crippen LogP contribution in [-0.4, -0.2) is 36.3 Å². The smallest absolute Gasteiger partial charge is 0.410 e. The Balaban J connectivity index is 1.32. The Bertz CT molecular complexity index is 1090. The van der Waals surface area contributed by atoms with Crippen molar-refractivity contribution < 1.29 is 23.8 Å². The first-order valence-electron chi connectivity index (χ1n) is 13.4. The van der Waals surface area contributed by atoms with Crippen LogP contribution >= 0.6 is 0 Å². The van der Waals surface area contributed by atoms with Gasteiger partial charge < -0.3 is 19.1 Å². The van der Waals surface area contributed by atoms with E-state index in [9.17, 15) is 9.59 Å². The molecule has 0 N–H and O–H groups in total. The lowest BCUT2D eigenvalue weighted by Crippen LogP contribution is -2.62. The number of hydrogen-bond donors (Lipinski definition) is 0. The molecule has 2 fully saturated rings. The molecule has 5 rings (SSSR count). The maximum absolute atomic E-state index is 13.2. The molecule has 1 aliphatic heterocycles. The highest BCUT2D eigenvalue weighted by atomic mass is 16.7. The Hall–Kier alpha value is -3.02. The minimum Gasteiger partial charge on any atom is -0.457 e. The maximum Gasteiger partial charge on any atom is 0.410 e. The van der Waals surface area contributed by atoms with Crippen LogP contribution in [-0.2, 0) is 32.7 Å². The fraction of sp³-hybridized carbons (Fsp3) is 0.533. The molecule has 0 radical (unpaired) electrons. The predicted octanol–water partition coefficient (Wildman–Crippen LogP) is 6.01. The number of carbonyl (C=O) groups is 2. The van der Waals surface area contributed by atoms with Crippen molar-refractivity contribution in [2.45, 2.75) is 76.9 Å². The number of fused-ring (bicyclic) bond motifs is 1. The van der Waals surface area contributed by atoms with Crippen molar-refractivity contribution in [3.8, 4) is 5.75 Å². The second-order valence-electron chi connectivity index (χ2n) is 10.6. The lowest BCUT2D eigenvalue weighted by molar-refractivity contribution is -0.154. The number of benzene rings is 2. The van der Waals surface area contributed by atoms with Crippen LogP contribution in [0.15, 0.2) is 48.5 Å². The van der Waals surface area contributed by atoms with Crippen LogP contribution in [0.4, 0.5) is 4.79 Å². The van der Waals surface area contributed by atoms with Crippen molar-refractivity contribution >= 4 is 12.1 Å². The first kappa shape index (κ1) is 24.7. The van der Waals surface area contributed by atoms with Gasteiger partial charge in [-0.1, -0.05) is 63.1 Å². The summed E-state index contributed by atoms with van der Waals surface area (Å²) in [4.78, 5) is 27.2. The van der Waals surface area contributed by atoms with E-state index in [1.165, 1.54) is 24.0 Å². The van der Waals surface area contributed by atoms with Gasteiger partial charge in [-0.2, -0.15) is 0 Å². The Kier molecular flexibility index (Phi) is 7.22. The average Bonchev–Trinajstić information content (AvgIpc) is 2.92. The summed E-state index contributed by atoms with van der Waals surface area (Å²) in [6.07, 6.45) is 7.00. The van der Waals surface area contributed by atoms with Gasteiger partial charge in [0.25, 0.3) is 0 Å². The number of esters is 1. The molecule has 1 saturated carbocycles. The number of carbonyl (C=O) groups excluding carboxylic acids is 2. The zero-order valence-corrected chi connectivity index (χ0v) is 21.4. The van der Waals surface area contributed by atoms with Crippen LogP contribution in [0.1, 0.15) is 69.1 Å². The number of piperidine rings is 1. The maximum atomic E-state index is 13.2. The van der Waals surface area contributed by atoms with Gasteiger partial charge >= 0.3 is 12.1 Å². The van der Waals surface area contributed by atoms with Crippen molar-refractivity contribution in [3.63, 3.8) is 0 Å². The van der Waals surface area contributed by atoms with Crippen molar-refractivity contribution in [1.29, 1.82) is 0 Å². The number of rotatable bonds is 7. The standard InChI is InChI=1S/C30H37NO5/c1-3-21(2)28(32)36-20-35-24-13-12-23-17-27-25-11-7-8-14-30(25,26(23)18-24)15-16-31(27)29(33)34-19-22-9-5-4-6-10-22/h4-6,9-10,12-13,18,21,25,27H,3,7-8,11,14-17,19-20H2,1-2H3/t21?,25-,27-,30+/m1/s1. The van der Waals surface area contributed by atoms with Crippen LogP contribution in [0.25, 0.3) is 0 Å². The van der Waals surface area contributed by atoms with E-state index in [1.54, 1.807) is 0 Å². The second kappa shape index (κ2) is 10.5. The molecule has 1 amide bonds. The summed E-state index contributed by atoms with van der Waals surface area (Å²) in [5, 5.41) is 0. The number of amides is 1. The van der Waals surface area contributed by atoms with E-state index in [0.717, 1.165) is 43.4 Å². The van der Waals surface area contributed by atoms with Crippen molar-refractivity contribution in [2.75, 3.05) is 13.3 Å². The molecule has 2 aromatic rings. The minimum atomic E-state index is -0.226. The Morgan fingerprint density at radius 3 is 2.72 bits per heavy atom. The van der Waals surface area contributed by atoms with Gasteiger partial charge in [0.2, 0.25) is 6.79 Å². The average molecular weight is 492 g/mol. The van der Waals surface area contributed by atoms with Gasteiger partial charge in [-0.25, -0.2) is 4.79 Å². The second-order valence-corrected chi connectivity index (χ2v) is 10.6. The first-order valence-corrected chi connectivity index (χ1v) is 13.4. The van der Waals surface area contributed by atoms with Crippen LogP contribution in [0, 0.1) is 11.8 Å². The third kappa shape index (κ3) is 4.70. The van der Waals surface area contributed by atoms with Crippen molar-refractivity contribution in [2.24, 2.45) is 11.8 Å². The molecular formula is C30H37NO5. The van der Waals surface area contributed by atoms with Crippen molar-refractivity contribution in [1.82, 2.24) is 4.90 Å². The lowest BCUT2D eigenvalue weighted by atomic mass is 9.52. The molecule has 6 heteroatoms. The number of nitrogens with zero attached hydrogens (tertiary/aromatic N) is 1. The number of likely N-dealkylation sites (tertiary alicyclic amines) is 1. The fourth-order valence-corrected chi connectivity index (χ4v) is 6.57. The third-order valence-electron chi connectivity index (χ3n) is 8.69. The Morgan fingerprint density at radius 1 is 1.08 bits per heavy atom. The summed E-state index contributed by atoms with van der Waals surface area (Å²) >= 11 is 0. The van der Waals surface area contributed by atoms with Gasteiger partial charge in [-0.05, 0) is 66.8 Å². The van der Waals surface area contributed by atoms with Crippen molar-refractivity contribution in [3.05, 3.63) is 65.2 Å². The van der Waals surface area contributed by atoms with E-state index in [2.05, 4.69) is 12.1 Å². The highest BCUT2D eigenvalue weighted by Crippen LogP contribution is 2.56. The van der Waals surface area contributed by atoms with E-state index >= 15 is 0 Å². The molecule has 0 aromatic heterocycles. The van der Waals surface area contributed by atoms with Gasteiger partial charge in [0.15, 0.2) is 0 Å². The minimum absolute atomic E-state index is 0.0674. The van der Waals surface area contributed by atoms with Crippen LogP contribution in [0.5, 0.6) is 5.75 Å². The van der Waals surface area contributed by atoms with E-state index in [-0.39, 0.29) is 36.2 Å². The predicted molar refractivity (Wildman–Crippen MR) is 137 cm³/mol. The summed E-state index contributed by atoms with van der Waals surface area (Å²) in [5.74, 6) is 0.819. The number of hydrogen-bond acceptors (Lipinski definition) is 5. The van der Waals surface area contributed by atoms with Gasteiger partial charge in [0.05, 0.1) is 5.92 Å². The molecule has 4 atom stereocenters. The molecule has 2 bridgehead atoms. The Labute approximate surface area is 213 Å². The molecule has 1 saturated heterocycles. The first-order chi connectivity index (χ1) is 17.5.